The summed E-state index contributed by atoms with van der Waals surface area (Å²) in [6, 6.07) is 11.6. The van der Waals surface area contributed by atoms with E-state index < -0.39 is 11.7 Å². The summed E-state index contributed by atoms with van der Waals surface area (Å²) in [6.45, 7) is 2.35. The molecule has 0 spiro atoms. The van der Waals surface area contributed by atoms with Crippen molar-refractivity contribution >= 4 is 28.2 Å². The van der Waals surface area contributed by atoms with E-state index in [1.807, 2.05) is 30.3 Å². The number of benzene rings is 1. The average molecular weight is 467 g/mol. The molecule has 5 rings (SSSR count). The number of nitrogens with zero attached hydrogens (tertiary/aromatic N) is 6. The van der Waals surface area contributed by atoms with Crippen LogP contribution in [0, 0.1) is 18.3 Å². The molecule has 1 amide bonds. The number of Topliss-reactive ketones (excluding diaryl/α,β-unsaturated/α-hetero) is 1. The van der Waals surface area contributed by atoms with Gasteiger partial charge in [0.15, 0.2) is 5.82 Å². The summed E-state index contributed by atoms with van der Waals surface area (Å²) in [5.74, 6) is 0.0554. The van der Waals surface area contributed by atoms with E-state index in [4.69, 9.17) is 4.74 Å². The lowest BCUT2D eigenvalue weighted by Crippen LogP contribution is -2.34. The fraction of sp³-hybridized carbons (Fsp3) is 0.200. The molecule has 0 radical (unpaired) electrons. The van der Waals surface area contributed by atoms with Gasteiger partial charge in [0.25, 0.3) is 11.7 Å². The Morgan fingerprint density at radius 1 is 1.20 bits per heavy atom. The molecule has 174 valence electrons. The number of ether oxygens (including phenoxy) is 1. The molecule has 0 bridgehead atoms. The van der Waals surface area contributed by atoms with Crippen molar-refractivity contribution in [2.75, 3.05) is 20.2 Å². The van der Waals surface area contributed by atoms with Crippen LogP contribution in [0.3, 0.4) is 0 Å². The Labute approximate surface area is 200 Å². The zero-order chi connectivity index (χ0) is 24.5. The van der Waals surface area contributed by atoms with Crippen LogP contribution in [0.4, 0.5) is 0 Å². The van der Waals surface area contributed by atoms with Crippen LogP contribution in [0.2, 0.25) is 0 Å². The largest absolute Gasteiger partial charge is 0.494 e. The minimum Gasteiger partial charge on any atom is -0.494 e. The highest BCUT2D eigenvalue weighted by atomic mass is 16.5. The number of aryl methyl sites for hydroxylation is 1. The van der Waals surface area contributed by atoms with Crippen molar-refractivity contribution in [1.82, 2.24) is 29.6 Å². The number of aromatic nitrogens is 5. The van der Waals surface area contributed by atoms with E-state index in [0.29, 0.717) is 46.8 Å². The molecule has 1 fully saturated rings. The summed E-state index contributed by atoms with van der Waals surface area (Å²) < 4.78 is 6.94. The van der Waals surface area contributed by atoms with Crippen molar-refractivity contribution in [2.45, 2.75) is 13.3 Å². The second-order valence-electron chi connectivity index (χ2n) is 8.10. The van der Waals surface area contributed by atoms with Crippen molar-refractivity contribution in [3.05, 3.63) is 71.6 Å². The first-order chi connectivity index (χ1) is 17.0. The molecule has 3 aromatic heterocycles. The molecule has 0 saturated carbocycles. The third kappa shape index (κ3) is 3.83. The quantitative estimate of drug-likeness (QED) is 0.271. The fourth-order valence-corrected chi connectivity index (χ4v) is 4.31. The Balaban J connectivity index is 1.48. The highest BCUT2D eigenvalue weighted by Gasteiger charge is 2.32. The lowest BCUT2D eigenvalue weighted by Gasteiger charge is -2.14. The number of aromatic amines is 1. The van der Waals surface area contributed by atoms with Crippen molar-refractivity contribution in [3.8, 4) is 17.6 Å². The number of ketones is 1. The number of likely N-dealkylation sites (tertiary alicyclic amines) is 1. The van der Waals surface area contributed by atoms with Crippen LogP contribution in [-0.2, 0) is 4.79 Å². The maximum Gasteiger partial charge on any atom is 0.295 e. The number of H-pyrrole nitrogens is 1. The fourth-order valence-electron chi connectivity index (χ4n) is 4.31. The Hall–Kier alpha value is -4.78. The number of rotatable bonds is 5. The molecular formula is C25H21N7O3. The zero-order valence-corrected chi connectivity index (χ0v) is 19.1. The summed E-state index contributed by atoms with van der Waals surface area (Å²) in [5, 5.41) is 14.4. The van der Waals surface area contributed by atoms with E-state index in [2.05, 4.69) is 26.1 Å². The van der Waals surface area contributed by atoms with Crippen LogP contribution in [-0.4, -0.2) is 61.5 Å². The number of amides is 1. The lowest BCUT2D eigenvalue weighted by molar-refractivity contribution is -0.125. The number of nitrogens with one attached hydrogen (secondary N) is 1. The van der Waals surface area contributed by atoms with Gasteiger partial charge in [-0.15, -0.1) is 0 Å². The number of hydrogen-bond acceptors (Lipinski definition) is 7. The van der Waals surface area contributed by atoms with Gasteiger partial charge in [-0.1, -0.05) is 30.3 Å². The van der Waals surface area contributed by atoms with Crippen molar-refractivity contribution in [3.63, 3.8) is 0 Å². The highest BCUT2D eigenvalue weighted by molar-refractivity contribution is 6.45. The Morgan fingerprint density at radius 3 is 2.69 bits per heavy atom. The molecule has 35 heavy (non-hydrogen) atoms. The van der Waals surface area contributed by atoms with Gasteiger partial charge >= 0.3 is 0 Å². The minimum atomic E-state index is -0.666. The van der Waals surface area contributed by atoms with Gasteiger partial charge in [0.05, 0.1) is 41.4 Å². The van der Waals surface area contributed by atoms with Crippen LogP contribution >= 0.6 is 0 Å². The van der Waals surface area contributed by atoms with Crippen molar-refractivity contribution < 1.29 is 14.3 Å². The predicted octanol–water partition coefficient (Wildman–Crippen LogP) is 2.85. The topological polar surface area (TPSA) is 130 Å². The van der Waals surface area contributed by atoms with Gasteiger partial charge in [0, 0.05) is 19.3 Å². The number of carbonyl (C=O) groups excluding carboxylic acids is 2. The molecule has 1 N–H and O–H groups in total. The Kier molecular flexibility index (Phi) is 5.58. The van der Waals surface area contributed by atoms with E-state index in [1.54, 1.807) is 6.92 Å². The van der Waals surface area contributed by atoms with Crippen LogP contribution in [0.25, 0.3) is 22.3 Å². The summed E-state index contributed by atoms with van der Waals surface area (Å²) >= 11 is 0. The predicted molar refractivity (Wildman–Crippen MR) is 127 cm³/mol. The molecule has 1 saturated heterocycles. The van der Waals surface area contributed by atoms with Crippen molar-refractivity contribution in [2.24, 2.45) is 0 Å². The van der Waals surface area contributed by atoms with Crippen LogP contribution in [0.15, 0.2) is 54.6 Å². The average Bonchev–Trinajstić information content (AvgIpc) is 3.64. The van der Waals surface area contributed by atoms with Gasteiger partial charge in [-0.25, -0.2) is 14.6 Å². The van der Waals surface area contributed by atoms with Gasteiger partial charge in [-0.2, -0.15) is 10.4 Å². The minimum absolute atomic E-state index is 0.184. The van der Waals surface area contributed by atoms with E-state index >= 15 is 0 Å². The monoisotopic (exact) mass is 467 g/mol. The second kappa shape index (κ2) is 8.87. The Morgan fingerprint density at radius 2 is 2.00 bits per heavy atom. The lowest BCUT2D eigenvalue weighted by atomic mass is 10.0. The van der Waals surface area contributed by atoms with Gasteiger partial charge < -0.3 is 14.6 Å². The zero-order valence-electron chi connectivity index (χ0n) is 19.1. The normalized spacial score (nSPS) is 14.7. The van der Waals surface area contributed by atoms with Gasteiger partial charge in [0.1, 0.15) is 17.9 Å². The van der Waals surface area contributed by atoms with E-state index in [9.17, 15) is 14.9 Å². The van der Waals surface area contributed by atoms with Gasteiger partial charge in [-0.05, 0) is 24.5 Å². The summed E-state index contributed by atoms with van der Waals surface area (Å²) in [7, 11) is 1.48. The summed E-state index contributed by atoms with van der Waals surface area (Å²) in [5.41, 5.74) is 2.87. The Bertz CT molecular complexity index is 1530. The van der Waals surface area contributed by atoms with Crippen LogP contribution in [0.1, 0.15) is 28.2 Å². The second-order valence-corrected chi connectivity index (χ2v) is 8.10. The number of carbonyl (C=O) groups is 2. The summed E-state index contributed by atoms with van der Waals surface area (Å²) in [6.07, 6.45) is 5.03. The first-order valence-corrected chi connectivity index (χ1v) is 11.0. The number of nitriles is 1. The molecule has 1 aromatic carbocycles. The van der Waals surface area contributed by atoms with Crippen molar-refractivity contribution in [1.29, 1.82) is 5.26 Å². The smallest absolute Gasteiger partial charge is 0.295 e. The standard InChI is InChI=1S/C25H21N7O3/c1-15-29-14-32(30-15)24-22-21(20(35-2)12-28-24)19(11-27-22)23(33)25(34)31-9-8-17(13-31)18(10-26)16-6-4-3-5-7-16/h3-7,11-12,14,27H,8-9,13H2,1-2H3/b18-17-. The molecule has 4 heterocycles. The van der Waals surface area contributed by atoms with E-state index in [-0.39, 0.29) is 12.1 Å². The SMILES string of the molecule is COc1cnc(-n2cnc(C)n2)c2[nH]cc(C(=O)C(=O)N3CC/C(=C(\C#N)c4ccccc4)C3)c12. The molecule has 4 aromatic rings. The number of allylic oxidation sites excluding steroid dienone is 1. The number of pyridine rings is 1. The number of hydrogen-bond donors (Lipinski definition) is 1. The third-order valence-electron chi connectivity index (χ3n) is 6.02. The third-order valence-corrected chi connectivity index (χ3v) is 6.02. The first kappa shape index (κ1) is 22.0. The van der Waals surface area contributed by atoms with Gasteiger partial charge in [-0.3, -0.25) is 9.59 Å². The van der Waals surface area contributed by atoms with Crippen LogP contribution in [0.5, 0.6) is 5.75 Å². The highest BCUT2D eigenvalue weighted by Crippen LogP contribution is 2.32. The van der Waals surface area contributed by atoms with E-state index in [1.165, 1.54) is 35.4 Å². The molecule has 1 aliphatic heterocycles. The van der Waals surface area contributed by atoms with Crippen LogP contribution < -0.4 is 4.74 Å². The molecule has 10 nitrogen and oxygen atoms in total. The number of fused-ring (bicyclic) bond motifs is 1. The molecule has 0 unspecified atom stereocenters. The molecule has 0 aliphatic carbocycles. The number of methoxy groups -OCH3 is 1. The molecular weight excluding hydrogens is 446 g/mol. The maximum atomic E-state index is 13.3. The van der Waals surface area contributed by atoms with Gasteiger partial charge in [0.2, 0.25) is 0 Å². The van der Waals surface area contributed by atoms with E-state index in [0.717, 1.165) is 11.1 Å². The molecule has 10 heteroatoms. The summed E-state index contributed by atoms with van der Waals surface area (Å²) in [4.78, 5) is 39.6. The molecule has 1 aliphatic rings. The maximum absolute atomic E-state index is 13.3. The first-order valence-electron chi connectivity index (χ1n) is 11.0. The molecule has 0 atom stereocenters.